The normalized spacial score (nSPS) is 13.0. The van der Waals surface area contributed by atoms with Crippen LogP contribution in [-0.4, -0.2) is 30.9 Å². The fourth-order valence-electron chi connectivity index (χ4n) is 2.75. The number of hydrogen-bond donors (Lipinski definition) is 2. The molecular formula is C22H24N4O2S. The molecule has 150 valence electrons. The van der Waals surface area contributed by atoms with Crippen molar-refractivity contribution in [1.82, 2.24) is 9.71 Å². The number of aromatic nitrogens is 1. The summed E-state index contributed by atoms with van der Waals surface area (Å²) < 4.78 is 14.7. The largest absolute Gasteiger partial charge is 0.497 e. The molecule has 29 heavy (non-hydrogen) atoms. The predicted molar refractivity (Wildman–Crippen MR) is 120 cm³/mol. The van der Waals surface area contributed by atoms with Crippen molar-refractivity contribution in [3.05, 3.63) is 67.0 Å². The molecule has 1 aromatic heterocycles. The van der Waals surface area contributed by atoms with Gasteiger partial charge in [-0.2, -0.15) is 0 Å². The Bertz CT molecular complexity index is 1020. The van der Waals surface area contributed by atoms with Crippen LogP contribution in [-0.2, 0) is 0 Å². The van der Waals surface area contributed by atoms with E-state index in [1.165, 1.54) is 18.1 Å². The van der Waals surface area contributed by atoms with E-state index in [0.717, 1.165) is 38.8 Å². The van der Waals surface area contributed by atoms with E-state index in [9.17, 15) is 0 Å². The Morgan fingerprint density at radius 2 is 1.93 bits per heavy atom. The third kappa shape index (κ3) is 5.28. The highest BCUT2D eigenvalue weighted by Gasteiger charge is 2.08. The van der Waals surface area contributed by atoms with Gasteiger partial charge in [-0.1, -0.05) is 0 Å². The van der Waals surface area contributed by atoms with E-state index in [1.54, 1.807) is 26.4 Å². The van der Waals surface area contributed by atoms with Crippen molar-refractivity contribution in [2.24, 2.45) is 10.7 Å². The van der Waals surface area contributed by atoms with Crippen LogP contribution in [0.1, 0.15) is 6.92 Å². The van der Waals surface area contributed by atoms with E-state index >= 15 is 0 Å². The third-order valence-corrected chi connectivity index (χ3v) is 5.26. The molecule has 0 spiro atoms. The molecule has 0 radical (unpaired) electrons. The van der Waals surface area contributed by atoms with Crippen LogP contribution in [0.5, 0.6) is 17.2 Å². The minimum Gasteiger partial charge on any atom is -0.497 e. The summed E-state index contributed by atoms with van der Waals surface area (Å²) in [4.78, 5) is 9.69. The predicted octanol–water partition coefficient (Wildman–Crippen LogP) is 4.56. The van der Waals surface area contributed by atoms with Crippen molar-refractivity contribution >= 4 is 28.6 Å². The quantitative estimate of drug-likeness (QED) is 0.420. The zero-order valence-electron chi connectivity index (χ0n) is 16.6. The number of hydrogen-bond acceptors (Lipinski definition) is 7. The van der Waals surface area contributed by atoms with E-state index in [4.69, 9.17) is 15.2 Å². The van der Waals surface area contributed by atoms with Crippen molar-refractivity contribution in [2.45, 2.75) is 17.9 Å². The van der Waals surface area contributed by atoms with Gasteiger partial charge in [0.25, 0.3) is 0 Å². The van der Waals surface area contributed by atoms with Crippen LogP contribution < -0.4 is 19.9 Å². The number of nitrogens with zero attached hydrogens (tertiary/aromatic N) is 2. The van der Waals surface area contributed by atoms with E-state index in [2.05, 4.69) is 14.7 Å². The molecule has 0 aliphatic rings. The maximum Gasteiger partial charge on any atom is 0.138 e. The summed E-state index contributed by atoms with van der Waals surface area (Å²) in [6, 6.07) is 15.6. The Hall–Kier alpha value is -3.03. The highest BCUT2D eigenvalue weighted by molar-refractivity contribution is 7.97. The summed E-state index contributed by atoms with van der Waals surface area (Å²) >= 11 is 1.53. The van der Waals surface area contributed by atoms with Crippen LogP contribution in [0.2, 0.25) is 0 Å². The van der Waals surface area contributed by atoms with Crippen molar-refractivity contribution in [3.8, 4) is 17.2 Å². The first-order valence-corrected chi connectivity index (χ1v) is 9.94. The number of aliphatic imine (C=N–C) groups is 1. The molecule has 3 N–H and O–H groups in total. The summed E-state index contributed by atoms with van der Waals surface area (Å²) in [7, 11) is 3.39. The highest BCUT2D eigenvalue weighted by Crippen LogP contribution is 2.31. The Labute approximate surface area is 175 Å². The van der Waals surface area contributed by atoms with Gasteiger partial charge in [-0.15, -0.1) is 0 Å². The van der Waals surface area contributed by atoms with Gasteiger partial charge < -0.3 is 15.2 Å². The molecule has 1 heterocycles. The molecule has 1 unspecified atom stereocenters. The Morgan fingerprint density at radius 3 is 2.62 bits per heavy atom. The standard InChI is InChI=1S/C22H24N4O2S/c1-15(20(24-2)10-12-23)26-29-18-7-4-16(5-8-18)28-22-11-13-25-21-14-17(27-3)6-9-19(21)22/h4-15,26H,23H2,1-3H3/b12-10-,24-20?. The molecule has 0 saturated carbocycles. The summed E-state index contributed by atoms with van der Waals surface area (Å²) in [6.45, 7) is 2.04. The second kappa shape index (κ2) is 9.95. The fourth-order valence-corrected chi connectivity index (χ4v) is 3.45. The lowest BCUT2D eigenvalue weighted by molar-refractivity contribution is 0.415. The molecule has 3 rings (SSSR count). The van der Waals surface area contributed by atoms with Crippen LogP contribution in [0.25, 0.3) is 10.9 Å². The number of ether oxygens (including phenoxy) is 2. The smallest absolute Gasteiger partial charge is 0.138 e. The molecule has 7 heteroatoms. The maximum absolute atomic E-state index is 6.08. The molecule has 0 bridgehead atoms. The van der Waals surface area contributed by atoms with Crippen LogP contribution in [0.3, 0.4) is 0 Å². The Balaban J connectivity index is 1.67. The van der Waals surface area contributed by atoms with E-state index in [0.29, 0.717) is 0 Å². The van der Waals surface area contributed by atoms with Crippen LogP contribution in [0, 0.1) is 0 Å². The summed E-state index contributed by atoms with van der Waals surface area (Å²) in [6.07, 6.45) is 5.02. The van der Waals surface area contributed by atoms with Crippen molar-refractivity contribution in [1.29, 1.82) is 0 Å². The number of pyridine rings is 1. The lowest BCUT2D eigenvalue weighted by atomic mass is 10.2. The minimum absolute atomic E-state index is 0.0703. The molecule has 1 atom stereocenters. The van der Waals surface area contributed by atoms with E-state index in [-0.39, 0.29) is 6.04 Å². The van der Waals surface area contributed by atoms with Crippen molar-refractivity contribution < 1.29 is 9.47 Å². The van der Waals surface area contributed by atoms with Crippen LogP contribution >= 0.6 is 11.9 Å². The van der Waals surface area contributed by atoms with Crippen LogP contribution in [0.4, 0.5) is 0 Å². The van der Waals surface area contributed by atoms with Gasteiger partial charge in [0.1, 0.15) is 17.2 Å². The molecule has 0 aliphatic carbocycles. The van der Waals surface area contributed by atoms with Gasteiger partial charge in [-0.05, 0) is 73.6 Å². The van der Waals surface area contributed by atoms with Gasteiger partial charge in [0.05, 0.1) is 24.4 Å². The molecule has 0 amide bonds. The SMILES string of the molecule is CN=C(/C=C\N)C(C)NSc1ccc(Oc2ccnc3cc(OC)ccc23)cc1. The average Bonchev–Trinajstić information content (AvgIpc) is 2.76. The average molecular weight is 409 g/mol. The zero-order chi connectivity index (χ0) is 20.6. The van der Waals surface area contributed by atoms with Crippen LogP contribution in [0.15, 0.2) is 76.9 Å². The lowest BCUT2D eigenvalue weighted by Gasteiger charge is -2.13. The van der Waals surface area contributed by atoms with Gasteiger partial charge in [0, 0.05) is 29.6 Å². The van der Waals surface area contributed by atoms with E-state index in [1.807, 2.05) is 55.5 Å². The monoisotopic (exact) mass is 408 g/mol. The Kier molecular flexibility index (Phi) is 7.10. The highest BCUT2D eigenvalue weighted by atomic mass is 32.2. The second-order valence-corrected chi connectivity index (χ2v) is 7.13. The van der Waals surface area contributed by atoms with Crippen molar-refractivity contribution in [2.75, 3.05) is 14.2 Å². The Morgan fingerprint density at radius 1 is 1.17 bits per heavy atom. The number of benzene rings is 2. The maximum atomic E-state index is 6.08. The van der Waals surface area contributed by atoms with Crippen molar-refractivity contribution in [3.63, 3.8) is 0 Å². The molecule has 0 aliphatic heterocycles. The number of rotatable bonds is 8. The van der Waals surface area contributed by atoms with Gasteiger partial charge in [0.2, 0.25) is 0 Å². The third-order valence-electron chi connectivity index (χ3n) is 4.28. The fraction of sp³-hybridized carbons (Fsp3) is 0.182. The first kappa shape index (κ1) is 20.7. The lowest BCUT2D eigenvalue weighted by Crippen LogP contribution is -2.27. The number of methoxy groups -OCH3 is 1. The number of nitrogens with two attached hydrogens (primary N) is 1. The van der Waals surface area contributed by atoms with Gasteiger partial charge >= 0.3 is 0 Å². The first-order chi connectivity index (χ1) is 14.1. The molecule has 0 saturated heterocycles. The van der Waals surface area contributed by atoms with Gasteiger partial charge in [-0.3, -0.25) is 14.7 Å². The second-order valence-electron chi connectivity index (χ2n) is 6.21. The summed E-state index contributed by atoms with van der Waals surface area (Å²) in [5, 5.41) is 0.932. The molecule has 3 aromatic rings. The van der Waals surface area contributed by atoms with E-state index < -0.39 is 0 Å². The number of fused-ring (bicyclic) bond motifs is 1. The molecular weight excluding hydrogens is 384 g/mol. The molecule has 6 nitrogen and oxygen atoms in total. The molecule has 0 fully saturated rings. The molecule has 2 aromatic carbocycles. The summed E-state index contributed by atoms with van der Waals surface area (Å²) in [5.41, 5.74) is 7.18. The zero-order valence-corrected chi connectivity index (χ0v) is 17.4. The number of nitrogens with one attached hydrogen (secondary N) is 1. The van der Waals surface area contributed by atoms with Gasteiger partial charge in [0.15, 0.2) is 0 Å². The van der Waals surface area contributed by atoms with Gasteiger partial charge in [-0.25, -0.2) is 0 Å². The first-order valence-electron chi connectivity index (χ1n) is 9.12. The minimum atomic E-state index is 0.0703. The summed E-state index contributed by atoms with van der Waals surface area (Å²) in [5.74, 6) is 2.28. The topological polar surface area (TPSA) is 81.8 Å².